The Hall–Kier alpha value is -1.70. The molecule has 1 aromatic heterocycles. The first-order chi connectivity index (χ1) is 9.98. The molecule has 0 fully saturated rings. The van der Waals surface area contributed by atoms with Crippen LogP contribution in [0, 0.1) is 0 Å². The van der Waals surface area contributed by atoms with Crippen LogP contribution in [0.2, 0.25) is 0 Å². The second-order valence-electron chi connectivity index (χ2n) is 4.88. The van der Waals surface area contributed by atoms with Crippen LogP contribution < -0.4 is 11.3 Å². The molecule has 0 aliphatic carbocycles. The SMILES string of the molecule is CCCCN(C)S(=O)(=O)c1ccc2nc(NN)ccc2c1. The monoisotopic (exact) mass is 308 g/mol. The first kappa shape index (κ1) is 15.7. The summed E-state index contributed by atoms with van der Waals surface area (Å²) in [5.41, 5.74) is 3.16. The van der Waals surface area contributed by atoms with Crippen LogP contribution in [0.15, 0.2) is 35.2 Å². The number of rotatable bonds is 6. The summed E-state index contributed by atoms with van der Waals surface area (Å²) in [6.45, 7) is 2.55. The fraction of sp³-hybridized carbons (Fsp3) is 0.357. The predicted molar refractivity (Wildman–Crippen MR) is 84.3 cm³/mol. The number of nitrogen functional groups attached to an aromatic ring is 1. The number of hydrogen-bond acceptors (Lipinski definition) is 5. The number of nitrogens with zero attached hydrogens (tertiary/aromatic N) is 2. The molecule has 6 nitrogen and oxygen atoms in total. The van der Waals surface area contributed by atoms with E-state index in [1.54, 1.807) is 37.4 Å². The van der Waals surface area contributed by atoms with Crippen LogP contribution in [0.3, 0.4) is 0 Å². The molecule has 7 heteroatoms. The molecule has 0 atom stereocenters. The average molecular weight is 308 g/mol. The van der Waals surface area contributed by atoms with E-state index in [4.69, 9.17) is 5.84 Å². The largest absolute Gasteiger partial charge is 0.308 e. The summed E-state index contributed by atoms with van der Waals surface area (Å²) in [5, 5.41) is 0.763. The van der Waals surface area contributed by atoms with Crippen LogP contribution in [0.25, 0.3) is 10.9 Å². The fourth-order valence-electron chi connectivity index (χ4n) is 2.03. The Labute approximate surface area is 125 Å². The lowest BCUT2D eigenvalue weighted by Crippen LogP contribution is -2.27. The van der Waals surface area contributed by atoms with Gasteiger partial charge in [-0.15, -0.1) is 0 Å². The second kappa shape index (κ2) is 6.38. The van der Waals surface area contributed by atoms with Gasteiger partial charge in [0.15, 0.2) is 0 Å². The number of aromatic nitrogens is 1. The molecule has 0 saturated heterocycles. The Kier molecular flexibility index (Phi) is 4.76. The van der Waals surface area contributed by atoms with Gasteiger partial charge in [-0.3, -0.25) is 0 Å². The van der Waals surface area contributed by atoms with Crippen molar-refractivity contribution in [2.24, 2.45) is 5.84 Å². The van der Waals surface area contributed by atoms with E-state index < -0.39 is 10.0 Å². The quantitative estimate of drug-likeness (QED) is 0.629. The lowest BCUT2D eigenvalue weighted by Gasteiger charge is -2.17. The van der Waals surface area contributed by atoms with Crippen molar-refractivity contribution in [1.29, 1.82) is 0 Å². The first-order valence-electron chi connectivity index (χ1n) is 6.83. The molecule has 0 saturated carbocycles. The lowest BCUT2D eigenvalue weighted by atomic mass is 10.2. The van der Waals surface area contributed by atoms with Gasteiger partial charge in [-0.05, 0) is 36.8 Å². The normalized spacial score (nSPS) is 12.0. The molecular weight excluding hydrogens is 288 g/mol. The zero-order chi connectivity index (χ0) is 15.5. The van der Waals surface area contributed by atoms with Gasteiger partial charge in [0.1, 0.15) is 5.82 Å². The van der Waals surface area contributed by atoms with Gasteiger partial charge in [-0.1, -0.05) is 13.3 Å². The number of hydrogen-bond donors (Lipinski definition) is 2. The molecule has 0 aliphatic rings. The molecule has 0 unspecified atom stereocenters. The fourth-order valence-corrected chi connectivity index (χ4v) is 3.27. The Balaban J connectivity index is 2.38. The maximum atomic E-state index is 12.5. The molecule has 2 aromatic rings. The van der Waals surface area contributed by atoms with Crippen LogP contribution in [0.4, 0.5) is 5.82 Å². The Morgan fingerprint density at radius 2 is 2.05 bits per heavy atom. The molecule has 0 radical (unpaired) electrons. The summed E-state index contributed by atoms with van der Waals surface area (Å²) < 4.78 is 26.3. The molecule has 114 valence electrons. The van der Waals surface area contributed by atoms with E-state index >= 15 is 0 Å². The zero-order valence-corrected chi connectivity index (χ0v) is 13.0. The van der Waals surface area contributed by atoms with E-state index in [0.29, 0.717) is 17.9 Å². The highest BCUT2D eigenvalue weighted by atomic mass is 32.2. The van der Waals surface area contributed by atoms with Gasteiger partial charge in [0.25, 0.3) is 0 Å². The molecule has 0 bridgehead atoms. The molecule has 0 spiro atoms. The van der Waals surface area contributed by atoms with Crippen LogP contribution in [-0.2, 0) is 10.0 Å². The van der Waals surface area contributed by atoms with Gasteiger partial charge in [0.2, 0.25) is 10.0 Å². The molecule has 2 rings (SSSR count). The number of hydrazine groups is 1. The number of unbranched alkanes of at least 4 members (excludes halogenated alkanes) is 1. The molecule has 1 aromatic carbocycles. The Morgan fingerprint density at radius 1 is 1.29 bits per heavy atom. The number of fused-ring (bicyclic) bond motifs is 1. The smallest absolute Gasteiger partial charge is 0.242 e. The van der Waals surface area contributed by atoms with Crippen molar-refractivity contribution in [3.8, 4) is 0 Å². The third-order valence-electron chi connectivity index (χ3n) is 3.34. The van der Waals surface area contributed by atoms with Crippen molar-refractivity contribution in [3.63, 3.8) is 0 Å². The standard InChI is InChI=1S/C14H20N4O2S/c1-3-4-9-18(2)21(19,20)12-6-7-13-11(10-12)5-8-14(16-13)17-15/h5-8,10H,3-4,9,15H2,1-2H3,(H,16,17). The van der Waals surface area contributed by atoms with Crippen molar-refractivity contribution in [2.75, 3.05) is 19.0 Å². The topological polar surface area (TPSA) is 88.3 Å². The van der Waals surface area contributed by atoms with E-state index in [2.05, 4.69) is 10.4 Å². The van der Waals surface area contributed by atoms with Crippen LogP contribution in [0.5, 0.6) is 0 Å². The summed E-state index contributed by atoms with van der Waals surface area (Å²) in [6.07, 6.45) is 1.80. The number of anilines is 1. The predicted octanol–water partition coefficient (Wildman–Crippen LogP) is 1.94. The van der Waals surface area contributed by atoms with Crippen LogP contribution >= 0.6 is 0 Å². The van der Waals surface area contributed by atoms with E-state index in [0.717, 1.165) is 18.2 Å². The summed E-state index contributed by atoms with van der Waals surface area (Å²) in [5.74, 6) is 5.85. The highest BCUT2D eigenvalue weighted by molar-refractivity contribution is 7.89. The molecular formula is C14H20N4O2S. The van der Waals surface area contributed by atoms with Crippen LogP contribution in [0.1, 0.15) is 19.8 Å². The van der Waals surface area contributed by atoms with E-state index in [1.807, 2.05) is 6.92 Å². The minimum atomic E-state index is -3.45. The average Bonchev–Trinajstić information content (AvgIpc) is 2.51. The van der Waals surface area contributed by atoms with Gasteiger partial charge in [-0.25, -0.2) is 23.5 Å². The van der Waals surface area contributed by atoms with Crippen molar-refractivity contribution in [2.45, 2.75) is 24.7 Å². The van der Waals surface area contributed by atoms with Crippen molar-refractivity contribution in [1.82, 2.24) is 9.29 Å². The minimum Gasteiger partial charge on any atom is -0.308 e. The van der Waals surface area contributed by atoms with Gasteiger partial charge in [0, 0.05) is 19.0 Å². The maximum absolute atomic E-state index is 12.5. The number of nitrogens with two attached hydrogens (primary N) is 1. The Morgan fingerprint density at radius 3 is 2.71 bits per heavy atom. The first-order valence-corrected chi connectivity index (χ1v) is 8.27. The van der Waals surface area contributed by atoms with E-state index in [-0.39, 0.29) is 4.90 Å². The van der Waals surface area contributed by atoms with Crippen LogP contribution in [-0.4, -0.2) is 31.3 Å². The van der Waals surface area contributed by atoms with Gasteiger partial charge >= 0.3 is 0 Å². The Bertz CT molecular complexity index is 731. The third-order valence-corrected chi connectivity index (χ3v) is 5.20. The summed E-state index contributed by atoms with van der Waals surface area (Å²) in [7, 11) is -1.85. The second-order valence-corrected chi connectivity index (χ2v) is 6.92. The summed E-state index contributed by atoms with van der Waals surface area (Å²) in [4.78, 5) is 4.55. The number of nitrogens with one attached hydrogen (secondary N) is 1. The third kappa shape index (κ3) is 3.31. The summed E-state index contributed by atoms with van der Waals surface area (Å²) >= 11 is 0. The zero-order valence-electron chi connectivity index (χ0n) is 12.2. The molecule has 21 heavy (non-hydrogen) atoms. The molecule has 1 heterocycles. The lowest BCUT2D eigenvalue weighted by molar-refractivity contribution is 0.459. The van der Waals surface area contributed by atoms with Crippen molar-refractivity contribution in [3.05, 3.63) is 30.3 Å². The number of benzene rings is 1. The van der Waals surface area contributed by atoms with Gasteiger partial charge in [-0.2, -0.15) is 0 Å². The highest BCUT2D eigenvalue weighted by Gasteiger charge is 2.20. The maximum Gasteiger partial charge on any atom is 0.242 e. The van der Waals surface area contributed by atoms with E-state index in [1.165, 1.54) is 4.31 Å². The van der Waals surface area contributed by atoms with Gasteiger partial charge in [0.05, 0.1) is 10.4 Å². The highest BCUT2D eigenvalue weighted by Crippen LogP contribution is 2.21. The number of sulfonamides is 1. The van der Waals surface area contributed by atoms with E-state index in [9.17, 15) is 8.42 Å². The van der Waals surface area contributed by atoms with Crippen molar-refractivity contribution >= 4 is 26.7 Å². The number of pyridine rings is 1. The summed E-state index contributed by atoms with van der Waals surface area (Å²) in [6, 6.07) is 8.41. The molecule has 0 aliphatic heterocycles. The van der Waals surface area contributed by atoms with Gasteiger partial charge < -0.3 is 5.43 Å². The van der Waals surface area contributed by atoms with Crippen molar-refractivity contribution < 1.29 is 8.42 Å². The molecule has 3 N–H and O–H groups in total. The minimum absolute atomic E-state index is 0.281. The molecule has 0 amide bonds.